The second kappa shape index (κ2) is 5.71. The summed E-state index contributed by atoms with van der Waals surface area (Å²) in [4.78, 5) is 20.3. The van der Waals surface area contributed by atoms with Gasteiger partial charge >= 0.3 is 0 Å². The van der Waals surface area contributed by atoms with Crippen molar-refractivity contribution in [1.82, 2.24) is 9.97 Å². The molecule has 0 saturated carbocycles. The third kappa shape index (κ3) is 2.95. The van der Waals surface area contributed by atoms with E-state index in [2.05, 4.69) is 15.3 Å². The van der Waals surface area contributed by atoms with Gasteiger partial charge in [-0.1, -0.05) is 18.2 Å². The Morgan fingerprint density at radius 2 is 2.25 bits per heavy atom. The van der Waals surface area contributed by atoms with E-state index in [0.29, 0.717) is 6.42 Å². The number of anilines is 1. The van der Waals surface area contributed by atoms with Crippen LogP contribution >= 0.6 is 11.3 Å². The average molecular weight is 283 g/mol. The number of hydrogen-bond acceptors (Lipinski definition) is 3. The highest BCUT2D eigenvalue weighted by Gasteiger charge is 2.06. The number of aromatic nitrogens is 2. The molecule has 2 heterocycles. The molecule has 0 atom stereocenters. The zero-order chi connectivity index (χ0) is 13.8. The molecule has 0 bridgehead atoms. The fourth-order valence-corrected chi connectivity index (χ4v) is 2.65. The van der Waals surface area contributed by atoms with Crippen molar-refractivity contribution in [1.29, 1.82) is 0 Å². The van der Waals surface area contributed by atoms with Gasteiger partial charge in [-0.3, -0.25) is 4.79 Å². The number of carbonyl (C=O) groups is 1. The lowest BCUT2D eigenvalue weighted by molar-refractivity contribution is -0.115. The minimum Gasteiger partial charge on any atom is -0.345 e. The molecule has 0 aliphatic rings. The molecule has 4 nitrogen and oxygen atoms in total. The summed E-state index contributed by atoms with van der Waals surface area (Å²) in [5, 5.41) is 4.88. The first kappa shape index (κ1) is 12.6. The van der Waals surface area contributed by atoms with Crippen molar-refractivity contribution >= 4 is 22.9 Å². The van der Waals surface area contributed by atoms with Crippen LogP contribution in [0.15, 0.2) is 54.2 Å². The van der Waals surface area contributed by atoms with Crippen LogP contribution in [0.3, 0.4) is 0 Å². The molecule has 1 aromatic carbocycles. The van der Waals surface area contributed by atoms with E-state index in [1.165, 1.54) is 0 Å². The first-order valence-electron chi connectivity index (χ1n) is 6.23. The summed E-state index contributed by atoms with van der Waals surface area (Å²) in [7, 11) is 0. The first-order valence-corrected chi connectivity index (χ1v) is 7.11. The number of thiophene rings is 1. The third-order valence-corrected chi connectivity index (χ3v) is 3.71. The summed E-state index contributed by atoms with van der Waals surface area (Å²) in [6.45, 7) is 0. The predicted molar refractivity (Wildman–Crippen MR) is 80.7 cm³/mol. The molecule has 3 rings (SSSR count). The van der Waals surface area contributed by atoms with Crippen molar-refractivity contribution in [3.8, 4) is 11.4 Å². The van der Waals surface area contributed by atoms with E-state index in [0.717, 1.165) is 22.0 Å². The van der Waals surface area contributed by atoms with Gasteiger partial charge in [0, 0.05) is 28.5 Å². The largest absolute Gasteiger partial charge is 0.345 e. The van der Waals surface area contributed by atoms with E-state index >= 15 is 0 Å². The monoisotopic (exact) mass is 283 g/mol. The van der Waals surface area contributed by atoms with Crippen molar-refractivity contribution < 1.29 is 4.79 Å². The van der Waals surface area contributed by atoms with Gasteiger partial charge in [0.15, 0.2) is 0 Å². The summed E-state index contributed by atoms with van der Waals surface area (Å²) in [6, 6.07) is 11.5. The Morgan fingerprint density at radius 1 is 1.30 bits per heavy atom. The van der Waals surface area contributed by atoms with Crippen LogP contribution in [-0.4, -0.2) is 15.9 Å². The molecule has 1 amide bonds. The predicted octanol–water partition coefficient (Wildman–Crippen LogP) is 3.32. The van der Waals surface area contributed by atoms with Gasteiger partial charge in [0.1, 0.15) is 5.82 Å². The second-order valence-corrected chi connectivity index (χ2v) is 5.36. The number of carbonyl (C=O) groups excluding carboxylic acids is 1. The van der Waals surface area contributed by atoms with Gasteiger partial charge in [0.2, 0.25) is 5.91 Å². The molecule has 5 heteroatoms. The number of H-pyrrole nitrogens is 1. The fraction of sp³-hybridized carbons (Fsp3) is 0.0667. The summed E-state index contributed by atoms with van der Waals surface area (Å²) >= 11 is 1.59. The number of rotatable bonds is 4. The van der Waals surface area contributed by atoms with Gasteiger partial charge in [-0.2, -0.15) is 0 Å². The lowest BCUT2D eigenvalue weighted by atomic mass is 10.2. The maximum absolute atomic E-state index is 11.9. The van der Waals surface area contributed by atoms with E-state index < -0.39 is 0 Å². The Balaban J connectivity index is 1.71. The number of aromatic amines is 1. The molecule has 0 fully saturated rings. The smallest absolute Gasteiger partial charge is 0.229 e. The maximum Gasteiger partial charge on any atom is 0.229 e. The third-order valence-electron chi connectivity index (χ3n) is 2.83. The molecule has 2 aromatic heterocycles. The van der Waals surface area contributed by atoms with Gasteiger partial charge in [-0.15, -0.1) is 11.3 Å². The Kier molecular flexibility index (Phi) is 3.60. The highest BCUT2D eigenvalue weighted by Crippen LogP contribution is 2.19. The van der Waals surface area contributed by atoms with Crippen LogP contribution in [0.2, 0.25) is 0 Å². The molecule has 100 valence electrons. The summed E-state index contributed by atoms with van der Waals surface area (Å²) in [6.07, 6.45) is 3.89. The van der Waals surface area contributed by atoms with E-state index in [4.69, 9.17) is 0 Å². The Bertz CT molecular complexity index is 690. The average Bonchev–Trinajstić information content (AvgIpc) is 3.11. The van der Waals surface area contributed by atoms with E-state index in [-0.39, 0.29) is 5.91 Å². The molecule has 0 saturated heterocycles. The second-order valence-electron chi connectivity index (χ2n) is 4.32. The highest BCUT2D eigenvalue weighted by atomic mass is 32.1. The molecule has 20 heavy (non-hydrogen) atoms. The Labute approximate surface area is 120 Å². The van der Waals surface area contributed by atoms with Gasteiger partial charge < -0.3 is 10.3 Å². The van der Waals surface area contributed by atoms with Crippen LogP contribution in [0.25, 0.3) is 11.4 Å². The van der Waals surface area contributed by atoms with Crippen LogP contribution in [-0.2, 0) is 11.2 Å². The zero-order valence-electron chi connectivity index (χ0n) is 10.7. The minimum absolute atomic E-state index is 0.0101. The van der Waals surface area contributed by atoms with Crippen molar-refractivity contribution in [3.63, 3.8) is 0 Å². The molecular weight excluding hydrogens is 270 g/mol. The summed E-state index contributed by atoms with van der Waals surface area (Å²) in [5.74, 6) is 0.781. The van der Waals surface area contributed by atoms with Crippen LogP contribution < -0.4 is 5.32 Å². The maximum atomic E-state index is 11.9. The highest BCUT2D eigenvalue weighted by molar-refractivity contribution is 7.10. The van der Waals surface area contributed by atoms with Crippen LogP contribution in [0, 0.1) is 0 Å². The summed E-state index contributed by atoms with van der Waals surface area (Å²) in [5.41, 5.74) is 1.73. The van der Waals surface area contributed by atoms with Crippen molar-refractivity contribution in [3.05, 3.63) is 59.0 Å². The van der Waals surface area contributed by atoms with Crippen LogP contribution in [0.5, 0.6) is 0 Å². The van der Waals surface area contributed by atoms with Crippen LogP contribution in [0.4, 0.5) is 5.69 Å². The lowest BCUT2D eigenvalue weighted by Gasteiger charge is -2.06. The number of nitrogens with one attached hydrogen (secondary N) is 2. The molecule has 3 aromatic rings. The quantitative estimate of drug-likeness (QED) is 0.771. The number of imidazole rings is 1. The SMILES string of the molecule is O=C(Cc1cccs1)Nc1cccc(-c2ncc[nH]2)c1. The first-order chi connectivity index (χ1) is 9.81. The minimum atomic E-state index is -0.0101. The number of nitrogens with zero attached hydrogens (tertiary/aromatic N) is 1. The van der Waals surface area contributed by atoms with Gasteiger partial charge in [-0.25, -0.2) is 4.98 Å². The van der Waals surface area contributed by atoms with Gasteiger partial charge in [0.05, 0.1) is 6.42 Å². The molecule has 0 radical (unpaired) electrons. The molecule has 2 N–H and O–H groups in total. The fourth-order valence-electron chi connectivity index (χ4n) is 1.94. The zero-order valence-corrected chi connectivity index (χ0v) is 11.5. The normalized spacial score (nSPS) is 10.4. The van der Waals surface area contributed by atoms with Crippen molar-refractivity contribution in [2.45, 2.75) is 6.42 Å². The Hall–Kier alpha value is -2.40. The van der Waals surface area contributed by atoms with Gasteiger partial charge in [0.25, 0.3) is 0 Å². The molecule has 0 aliphatic carbocycles. The number of benzene rings is 1. The van der Waals surface area contributed by atoms with E-state index in [1.807, 2.05) is 41.8 Å². The van der Waals surface area contributed by atoms with Gasteiger partial charge in [-0.05, 0) is 23.6 Å². The number of amides is 1. The molecule has 0 unspecified atom stereocenters. The van der Waals surface area contributed by atoms with Crippen molar-refractivity contribution in [2.24, 2.45) is 0 Å². The standard InChI is InChI=1S/C15H13N3OS/c19-14(10-13-5-2-8-20-13)18-12-4-1-3-11(9-12)15-16-6-7-17-15/h1-9H,10H2,(H,16,17)(H,18,19). The van der Waals surface area contributed by atoms with E-state index in [9.17, 15) is 4.79 Å². The summed E-state index contributed by atoms with van der Waals surface area (Å²) < 4.78 is 0. The molecule has 0 spiro atoms. The van der Waals surface area contributed by atoms with Crippen molar-refractivity contribution in [2.75, 3.05) is 5.32 Å². The molecule has 0 aliphatic heterocycles. The Morgan fingerprint density at radius 3 is 3.00 bits per heavy atom. The van der Waals surface area contributed by atoms with Crippen LogP contribution in [0.1, 0.15) is 4.88 Å². The lowest BCUT2D eigenvalue weighted by Crippen LogP contribution is -2.13. The molecular formula is C15H13N3OS. The number of hydrogen-bond donors (Lipinski definition) is 2. The topological polar surface area (TPSA) is 57.8 Å². The van der Waals surface area contributed by atoms with E-state index in [1.54, 1.807) is 23.7 Å².